The van der Waals surface area contributed by atoms with Crippen molar-refractivity contribution in [3.8, 4) is 0 Å². The zero-order valence-electron chi connectivity index (χ0n) is 12.5. The lowest BCUT2D eigenvalue weighted by molar-refractivity contribution is 0.0950. The number of aromatic nitrogens is 3. The molecule has 0 aliphatic heterocycles. The molecule has 0 spiro atoms. The van der Waals surface area contributed by atoms with Crippen molar-refractivity contribution in [2.24, 2.45) is 0 Å². The lowest BCUT2D eigenvalue weighted by Gasteiger charge is -2.08. The van der Waals surface area contributed by atoms with Crippen LogP contribution in [0.5, 0.6) is 0 Å². The van der Waals surface area contributed by atoms with E-state index in [4.69, 9.17) is 0 Å². The summed E-state index contributed by atoms with van der Waals surface area (Å²) in [6.45, 7) is 0.358. The number of amides is 1. The van der Waals surface area contributed by atoms with E-state index in [1.165, 1.54) is 12.3 Å². The summed E-state index contributed by atoms with van der Waals surface area (Å²) >= 11 is 0.265. The van der Waals surface area contributed by atoms with E-state index in [1.807, 2.05) is 35.0 Å². The fourth-order valence-electron chi connectivity index (χ4n) is 2.25. The van der Waals surface area contributed by atoms with Crippen LogP contribution in [-0.2, 0) is 6.42 Å². The van der Waals surface area contributed by atoms with Crippen LogP contribution in [0.3, 0.4) is 0 Å². The van der Waals surface area contributed by atoms with Crippen LogP contribution in [0.4, 0.5) is 8.78 Å². The van der Waals surface area contributed by atoms with E-state index >= 15 is 0 Å². The third-order valence-corrected chi connectivity index (χ3v) is 4.02. The van der Waals surface area contributed by atoms with Crippen molar-refractivity contribution in [3.63, 3.8) is 0 Å². The SMILES string of the molecule is O=C(NCCc1cn2ccccc2n1)c1cccnc1SC(F)F. The topological polar surface area (TPSA) is 59.3 Å². The van der Waals surface area contributed by atoms with Crippen molar-refractivity contribution in [1.82, 2.24) is 19.7 Å². The molecule has 24 heavy (non-hydrogen) atoms. The highest BCUT2D eigenvalue weighted by Crippen LogP contribution is 2.26. The summed E-state index contributed by atoms with van der Waals surface area (Å²) in [5, 5.41) is 2.74. The van der Waals surface area contributed by atoms with Gasteiger partial charge in [0.25, 0.3) is 11.7 Å². The first-order valence-electron chi connectivity index (χ1n) is 7.24. The molecule has 0 saturated carbocycles. The Morgan fingerprint density at radius 2 is 2.17 bits per heavy atom. The van der Waals surface area contributed by atoms with Gasteiger partial charge in [0.15, 0.2) is 0 Å². The Bertz CT molecular complexity index is 820. The number of halogens is 2. The molecule has 1 amide bonds. The summed E-state index contributed by atoms with van der Waals surface area (Å²) in [7, 11) is 0. The molecule has 3 heterocycles. The predicted octanol–water partition coefficient (Wildman–Crippen LogP) is 3.02. The summed E-state index contributed by atoms with van der Waals surface area (Å²) in [4.78, 5) is 20.5. The molecule has 0 aliphatic rings. The van der Waals surface area contributed by atoms with Gasteiger partial charge in [-0.2, -0.15) is 8.78 Å². The fourth-order valence-corrected chi connectivity index (χ4v) is 2.83. The highest BCUT2D eigenvalue weighted by atomic mass is 32.2. The maximum atomic E-state index is 12.5. The zero-order chi connectivity index (χ0) is 16.9. The average Bonchev–Trinajstić information content (AvgIpc) is 2.97. The molecule has 3 aromatic heterocycles. The molecule has 0 radical (unpaired) electrons. The van der Waals surface area contributed by atoms with Gasteiger partial charge in [-0.3, -0.25) is 4.79 Å². The lowest BCUT2D eigenvalue weighted by atomic mass is 10.2. The van der Waals surface area contributed by atoms with Gasteiger partial charge >= 0.3 is 0 Å². The predicted molar refractivity (Wildman–Crippen MR) is 87.3 cm³/mol. The third kappa shape index (κ3) is 3.88. The molecule has 0 fully saturated rings. The summed E-state index contributed by atoms with van der Waals surface area (Å²) in [5.74, 6) is -3.04. The number of thioether (sulfide) groups is 1. The number of nitrogens with zero attached hydrogens (tertiary/aromatic N) is 3. The number of alkyl halides is 2. The van der Waals surface area contributed by atoms with Gasteiger partial charge in [0.05, 0.1) is 11.3 Å². The van der Waals surface area contributed by atoms with Crippen molar-refractivity contribution in [3.05, 3.63) is 60.2 Å². The minimum absolute atomic E-state index is 0.0257. The van der Waals surface area contributed by atoms with Gasteiger partial charge in [0, 0.05) is 31.6 Å². The van der Waals surface area contributed by atoms with Gasteiger partial charge in [0.2, 0.25) is 0 Å². The van der Waals surface area contributed by atoms with E-state index in [2.05, 4.69) is 15.3 Å². The van der Waals surface area contributed by atoms with Crippen molar-refractivity contribution in [1.29, 1.82) is 0 Å². The molecule has 0 atom stereocenters. The van der Waals surface area contributed by atoms with Crippen LogP contribution < -0.4 is 5.32 Å². The zero-order valence-corrected chi connectivity index (χ0v) is 13.3. The molecular weight excluding hydrogens is 334 g/mol. The number of carbonyl (C=O) groups excluding carboxylic acids is 1. The number of fused-ring (bicyclic) bond motifs is 1. The molecule has 0 aliphatic carbocycles. The minimum Gasteiger partial charge on any atom is -0.352 e. The van der Waals surface area contributed by atoms with E-state index in [9.17, 15) is 13.6 Å². The molecule has 3 aromatic rings. The standard InChI is InChI=1S/C16H14F2N4OS/c17-16(18)24-15-12(4-3-7-20-15)14(23)19-8-6-11-10-22-9-2-1-5-13(22)21-11/h1-5,7,9-10,16H,6,8H2,(H,19,23). The van der Waals surface area contributed by atoms with E-state index in [1.54, 1.807) is 6.07 Å². The minimum atomic E-state index is -2.62. The summed E-state index contributed by atoms with van der Waals surface area (Å²) in [6.07, 6.45) is 5.72. The Morgan fingerprint density at radius 1 is 1.29 bits per heavy atom. The molecule has 0 unspecified atom stereocenters. The second-order valence-corrected chi connectivity index (χ2v) is 5.92. The number of carbonyl (C=O) groups is 1. The van der Waals surface area contributed by atoms with E-state index in [0.717, 1.165) is 11.3 Å². The van der Waals surface area contributed by atoms with Crippen LogP contribution in [-0.4, -0.2) is 32.6 Å². The molecule has 8 heteroatoms. The van der Waals surface area contributed by atoms with E-state index < -0.39 is 11.7 Å². The maximum Gasteiger partial charge on any atom is 0.290 e. The maximum absolute atomic E-state index is 12.5. The lowest BCUT2D eigenvalue weighted by Crippen LogP contribution is -2.26. The quantitative estimate of drug-likeness (QED) is 0.696. The monoisotopic (exact) mass is 348 g/mol. The van der Waals surface area contributed by atoms with Crippen LogP contribution in [0.2, 0.25) is 0 Å². The van der Waals surface area contributed by atoms with Gasteiger partial charge < -0.3 is 9.72 Å². The van der Waals surface area contributed by atoms with Crippen molar-refractivity contribution in [2.75, 3.05) is 6.54 Å². The Balaban J connectivity index is 1.61. The summed E-state index contributed by atoms with van der Waals surface area (Å²) in [6, 6.07) is 8.74. The normalized spacial score (nSPS) is 11.1. The number of pyridine rings is 2. The van der Waals surface area contributed by atoms with Crippen LogP contribution in [0.1, 0.15) is 16.1 Å². The van der Waals surface area contributed by atoms with Crippen LogP contribution in [0.25, 0.3) is 5.65 Å². The second kappa shape index (κ2) is 7.39. The highest BCUT2D eigenvalue weighted by Gasteiger charge is 2.16. The average molecular weight is 348 g/mol. The van der Waals surface area contributed by atoms with Crippen LogP contribution in [0.15, 0.2) is 53.9 Å². The van der Waals surface area contributed by atoms with Gasteiger partial charge in [-0.05, 0) is 36.0 Å². The summed E-state index contributed by atoms with van der Waals surface area (Å²) in [5.41, 5.74) is 1.83. The largest absolute Gasteiger partial charge is 0.352 e. The van der Waals surface area contributed by atoms with Gasteiger partial charge in [0.1, 0.15) is 10.7 Å². The highest BCUT2D eigenvalue weighted by molar-refractivity contribution is 7.99. The van der Waals surface area contributed by atoms with Gasteiger partial charge in [-0.25, -0.2) is 9.97 Å². The third-order valence-electron chi connectivity index (χ3n) is 3.30. The molecule has 0 aromatic carbocycles. The van der Waals surface area contributed by atoms with Crippen LogP contribution >= 0.6 is 11.8 Å². The Morgan fingerprint density at radius 3 is 2.96 bits per heavy atom. The Kier molecular flexibility index (Phi) is 5.05. The molecule has 124 valence electrons. The molecule has 0 bridgehead atoms. The first kappa shape index (κ1) is 16.4. The molecule has 5 nitrogen and oxygen atoms in total. The molecule has 1 N–H and O–H groups in total. The molecular formula is C16H14F2N4OS. The van der Waals surface area contributed by atoms with Crippen molar-refractivity contribution >= 4 is 23.3 Å². The second-order valence-electron chi connectivity index (χ2n) is 4.94. The number of hydrogen-bond acceptors (Lipinski definition) is 4. The van der Waals surface area contributed by atoms with Gasteiger partial charge in [-0.1, -0.05) is 6.07 Å². The summed E-state index contributed by atoms with van der Waals surface area (Å²) < 4.78 is 26.9. The molecule has 3 rings (SSSR count). The van der Waals surface area contributed by atoms with E-state index in [0.29, 0.717) is 13.0 Å². The van der Waals surface area contributed by atoms with Crippen molar-refractivity contribution < 1.29 is 13.6 Å². The Labute approximate surface area is 141 Å². The van der Waals surface area contributed by atoms with Crippen LogP contribution in [0, 0.1) is 0 Å². The number of imidazole rings is 1. The smallest absolute Gasteiger partial charge is 0.290 e. The number of rotatable bonds is 6. The van der Waals surface area contributed by atoms with E-state index in [-0.39, 0.29) is 22.4 Å². The van der Waals surface area contributed by atoms with Crippen molar-refractivity contribution in [2.45, 2.75) is 17.2 Å². The first-order valence-corrected chi connectivity index (χ1v) is 8.12. The van der Waals surface area contributed by atoms with Gasteiger partial charge in [-0.15, -0.1) is 0 Å². The first-order chi connectivity index (χ1) is 11.6. The fraction of sp³-hybridized carbons (Fsp3) is 0.188. The number of hydrogen-bond donors (Lipinski definition) is 1. The number of nitrogens with one attached hydrogen (secondary N) is 1. The Hall–Kier alpha value is -2.48. The molecule has 0 saturated heterocycles.